The fourth-order valence-corrected chi connectivity index (χ4v) is 2.51. The molecule has 1 heterocycles. The highest BCUT2D eigenvalue weighted by Gasteiger charge is 2.33. The van der Waals surface area contributed by atoms with Gasteiger partial charge in [0.15, 0.2) is 0 Å². The van der Waals surface area contributed by atoms with Gasteiger partial charge in [-0.25, -0.2) is 0 Å². The van der Waals surface area contributed by atoms with Gasteiger partial charge in [0.05, 0.1) is 12.6 Å². The van der Waals surface area contributed by atoms with Crippen molar-refractivity contribution in [3.05, 3.63) is 0 Å². The number of alkyl halides is 1. The summed E-state index contributed by atoms with van der Waals surface area (Å²) in [4.78, 5) is 13.7. The van der Waals surface area contributed by atoms with Crippen LogP contribution in [-0.4, -0.2) is 40.4 Å². The lowest BCUT2D eigenvalue weighted by Crippen LogP contribution is -2.39. The van der Waals surface area contributed by atoms with E-state index in [-0.39, 0.29) is 18.6 Å². The van der Waals surface area contributed by atoms with Gasteiger partial charge in [0, 0.05) is 18.3 Å². The Morgan fingerprint density at radius 3 is 2.87 bits per heavy atom. The number of amides is 1. The maximum atomic E-state index is 11.8. The number of rotatable bonds is 5. The van der Waals surface area contributed by atoms with E-state index >= 15 is 0 Å². The van der Waals surface area contributed by atoms with E-state index in [9.17, 15) is 9.90 Å². The summed E-state index contributed by atoms with van der Waals surface area (Å²) < 4.78 is 0. The van der Waals surface area contributed by atoms with Crippen molar-refractivity contribution in [1.29, 1.82) is 0 Å². The largest absolute Gasteiger partial charge is 0.394 e. The van der Waals surface area contributed by atoms with Crippen LogP contribution in [0.1, 0.15) is 32.6 Å². The Morgan fingerprint density at radius 1 is 1.53 bits per heavy atom. The zero-order valence-corrected chi connectivity index (χ0v) is 10.9. The molecule has 1 N–H and O–H groups in total. The summed E-state index contributed by atoms with van der Waals surface area (Å²) in [5, 5.41) is 10.2. The normalized spacial score (nSPS) is 25.9. The van der Waals surface area contributed by atoms with Crippen LogP contribution in [0.25, 0.3) is 0 Å². The number of likely N-dealkylation sites (tertiary alicyclic amines) is 1. The van der Waals surface area contributed by atoms with Crippen LogP contribution in [0, 0.1) is 5.92 Å². The van der Waals surface area contributed by atoms with Gasteiger partial charge < -0.3 is 10.0 Å². The predicted octanol–water partition coefficient (Wildman–Crippen LogP) is 1.78. The Morgan fingerprint density at radius 2 is 2.27 bits per heavy atom. The zero-order valence-electron chi connectivity index (χ0n) is 9.29. The molecule has 0 aliphatic carbocycles. The van der Waals surface area contributed by atoms with Crippen molar-refractivity contribution in [1.82, 2.24) is 4.90 Å². The first kappa shape index (κ1) is 13.0. The quantitative estimate of drug-likeness (QED) is 0.615. The van der Waals surface area contributed by atoms with E-state index in [1.807, 2.05) is 4.90 Å². The van der Waals surface area contributed by atoms with Gasteiger partial charge in [-0.05, 0) is 25.2 Å². The molecule has 2 atom stereocenters. The average Bonchev–Trinajstić information content (AvgIpc) is 2.59. The summed E-state index contributed by atoms with van der Waals surface area (Å²) in [7, 11) is 0. The molecule has 3 nitrogen and oxygen atoms in total. The number of aliphatic hydroxyl groups excluding tert-OH is 1. The highest BCUT2D eigenvalue weighted by Crippen LogP contribution is 2.24. The lowest BCUT2D eigenvalue weighted by molar-refractivity contribution is -0.133. The van der Waals surface area contributed by atoms with Gasteiger partial charge in [-0.1, -0.05) is 22.9 Å². The molecule has 4 heteroatoms. The Hall–Kier alpha value is -0.0900. The molecule has 2 unspecified atom stereocenters. The molecule has 0 aromatic heterocycles. The highest BCUT2D eigenvalue weighted by molar-refractivity contribution is 9.09. The molecule has 0 bridgehead atoms. The molecule has 15 heavy (non-hydrogen) atoms. The summed E-state index contributed by atoms with van der Waals surface area (Å²) in [6, 6.07) is 0.0569. The summed E-state index contributed by atoms with van der Waals surface area (Å²) >= 11 is 3.35. The third-order valence-corrected chi connectivity index (χ3v) is 3.72. The minimum absolute atomic E-state index is 0.0569. The fraction of sp³-hybridized carbons (Fsp3) is 0.909. The van der Waals surface area contributed by atoms with E-state index in [1.165, 1.54) is 0 Å². The van der Waals surface area contributed by atoms with Crippen molar-refractivity contribution < 1.29 is 9.90 Å². The molecule has 0 saturated carbocycles. The van der Waals surface area contributed by atoms with Crippen LogP contribution in [0.3, 0.4) is 0 Å². The Kier molecular flexibility index (Phi) is 5.61. The number of halogens is 1. The van der Waals surface area contributed by atoms with E-state index in [4.69, 9.17) is 0 Å². The SMILES string of the molecule is CC1CCN(C(=O)CCCCBr)C1CO. The molecule has 88 valence electrons. The molecule has 1 aliphatic heterocycles. The van der Waals surface area contributed by atoms with Gasteiger partial charge in [0.25, 0.3) is 0 Å². The minimum atomic E-state index is 0.0569. The van der Waals surface area contributed by atoms with Crippen LogP contribution in [0.5, 0.6) is 0 Å². The van der Waals surface area contributed by atoms with Crippen molar-refractivity contribution in [3.8, 4) is 0 Å². The van der Waals surface area contributed by atoms with Crippen LogP contribution in [0.4, 0.5) is 0 Å². The third kappa shape index (κ3) is 3.45. The maximum Gasteiger partial charge on any atom is 0.222 e. The summed E-state index contributed by atoms with van der Waals surface area (Å²) in [6.45, 7) is 3.03. The molecule has 0 aromatic carbocycles. The van der Waals surface area contributed by atoms with E-state index in [2.05, 4.69) is 22.9 Å². The second-order valence-corrected chi connectivity index (χ2v) is 5.04. The molecular formula is C11H20BrNO2. The van der Waals surface area contributed by atoms with E-state index in [1.54, 1.807) is 0 Å². The summed E-state index contributed by atoms with van der Waals surface area (Å²) in [5.41, 5.74) is 0. The second-order valence-electron chi connectivity index (χ2n) is 4.25. The van der Waals surface area contributed by atoms with Crippen molar-refractivity contribution in [2.75, 3.05) is 18.5 Å². The third-order valence-electron chi connectivity index (χ3n) is 3.16. The van der Waals surface area contributed by atoms with Gasteiger partial charge in [-0.3, -0.25) is 4.79 Å². The number of aliphatic hydroxyl groups is 1. The van der Waals surface area contributed by atoms with Crippen molar-refractivity contribution in [2.45, 2.75) is 38.6 Å². The number of nitrogens with zero attached hydrogens (tertiary/aromatic N) is 1. The van der Waals surface area contributed by atoms with Gasteiger partial charge in [0.2, 0.25) is 5.91 Å². The second kappa shape index (κ2) is 6.48. The van der Waals surface area contributed by atoms with Gasteiger partial charge in [-0.2, -0.15) is 0 Å². The Labute approximate surface area is 100.0 Å². The van der Waals surface area contributed by atoms with E-state index in [0.717, 1.165) is 31.1 Å². The number of unbranched alkanes of at least 4 members (excludes halogenated alkanes) is 1. The molecule has 1 rings (SSSR count). The predicted molar refractivity (Wildman–Crippen MR) is 64.0 cm³/mol. The van der Waals surface area contributed by atoms with Crippen LogP contribution in [0.15, 0.2) is 0 Å². The summed E-state index contributed by atoms with van der Waals surface area (Å²) in [5.74, 6) is 0.648. The van der Waals surface area contributed by atoms with Crippen LogP contribution in [0.2, 0.25) is 0 Å². The molecule has 0 aromatic rings. The molecule has 1 aliphatic rings. The first-order valence-corrected chi connectivity index (χ1v) is 6.79. The highest BCUT2D eigenvalue weighted by atomic mass is 79.9. The Bertz CT molecular complexity index is 211. The van der Waals surface area contributed by atoms with Gasteiger partial charge in [0.1, 0.15) is 0 Å². The summed E-state index contributed by atoms with van der Waals surface area (Å²) in [6.07, 6.45) is 3.62. The Balaban J connectivity index is 2.38. The average molecular weight is 278 g/mol. The molecule has 1 fully saturated rings. The monoisotopic (exact) mass is 277 g/mol. The number of hydrogen-bond donors (Lipinski definition) is 1. The van der Waals surface area contributed by atoms with Gasteiger partial charge in [-0.15, -0.1) is 0 Å². The van der Waals surface area contributed by atoms with Crippen LogP contribution < -0.4 is 0 Å². The molecule has 1 saturated heterocycles. The first-order valence-electron chi connectivity index (χ1n) is 5.67. The van der Waals surface area contributed by atoms with Crippen LogP contribution >= 0.6 is 15.9 Å². The lowest BCUT2D eigenvalue weighted by atomic mass is 10.0. The lowest BCUT2D eigenvalue weighted by Gasteiger charge is -2.25. The molecule has 1 amide bonds. The van der Waals surface area contributed by atoms with Crippen molar-refractivity contribution in [3.63, 3.8) is 0 Å². The standard InChI is InChI=1S/C11H20BrNO2/c1-9-5-7-13(10(9)8-14)11(15)4-2-3-6-12/h9-10,14H,2-8H2,1H3. The van der Waals surface area contributed by atoms with E-state index in [0.29, 0.717) is 12.3 Å². The smallest absolute Gasteiger partial charge is 0.222 e. The number of hydrogen-bond acceptors (Lipinski definition) is 2. The van der Waals surface area contributed by atoms with Crippen molar-refractivity contribution in [2.24, 2.45) is 5.92 Å². The van der Waals surface area contributed by atoms with Gasteiger partial charge >= 0.3 is 0 Å². The molecule has 0 radical (unpaired) electrons. The van der Waals surface area contributed by atoms with Crippen LogP contribution in [-0.2, 0) is 4.79 Å². The molecular weight excluding hydrogens is 258 g/mol. The number of carbonyl (C=O) groups excluding carboxylic acids is 1. The van der Waals surface area contributed by atoms with Crippen molar-refractivity contribution >= 4 is 21.8 Å². The maximum absolute atomic E-state index is 11.8. The fourth-order valence-electron chi connectivity index (χ4n) is 2.11. The first-order chi connectivity index (χ1) is 7.20. The number of carbonyl (C=O) groups is 1. The topological polar surface area (TPSA) is 40.5 Å². The molecule has 0 spiro atoms. The van der Waals surface area contributed by atoms with E-state index < -0.39 is 0 Å². The minimum Gasteiger partial charge on any atom is -0.394 e. The zero-order chi connectivity index (χ0) is 11.3.